The van der Waals surface area contributed by atoms with Crippen LogP contribution in [-0.2, 0) is 13.6 Å². The van der Waals surface area contributed by atoms with Gasteiger partial charge in [0.25, 0.3) is 0 Å². The van der Waals surface area contributed by atoms with Gasteiger partial charge in [0, 0.05) is 55.2 Å². The van der Waals surface area contributed by atoms with Crippen molar-refractivity contribution >= 4 is 16.9 Å². The predicted molar refractivity (Wildman–Crippen MR) is 102 cm³/mol. The van der Waals surface area contributed by atoms with Crippen molar-refractivity contribution in [1.29, 1.82) is 0 Å². The lowest BCUT2D eigenvalue weighted by Gasteiger charge is -2.33. The number of anilines is 1. The molecule has 0 saturated carbocycles. The van der Waals surface area contributed by atoms with Crippen LogP contribution in [-0.4, -0.2) is 38.6 Å². The lowest BCUT2D eigenvalue weighted by Crippen LogP contribution is -2.41. The second kappa shape index (κ2) is 6.84. The molecule has 3 aromatic rings. The van der Waals surface area contributed by atoms with Crippen LogP contribution in [0.25, 0.3) is 10.9 Å². The van der Waals surface area contributed by atoms with E-state index in [0.717, 1.165) is 31.3 Å². The molecule has 25 heavy (non-hydrogen) atoms. The highest BCUT2D eigenvalue weighted by molar-refractivity contribution is 5.83. The standard InChI is InChI=1S/C20H25N5/c1-15-9-10-21-20(22-15)23-17-6-5-11-25(14-17)13-16-12-24(2)19-8-4-3-7-18(16)19/h3-4,7-10,12,17H,5-6,11,13-14H2,1-2H3,(H,21,22,23). The fourth-order valence-corrected chi connectivity index (χ4v) is 3.81. The van der Waals surface area contributed by atoms with Gasteiger partial charge in [-0.3, -0.25) is 4.90 Å². The van der Waals surface area contributed by atoms with Gasteiger partial charge in [0.05, 0.1) is 0 Å². The van der Waals surface area contributed by atoms with Crippen molar-refractivity contribution in [3.8, 4) is 0 Å². The summed E-state index contributed by atoms with van der Waals surface area (Å²) in [6.45, 7) is 5.17. The van der Waals surface area contributed by atoms with Crippen molar-refractivity contribution in [2.24, 2.45) is 7.05 Å². The molecular formula is C20H25N5. The van der Waals surface area contributed by atoms with Gasteiger partial charge >= 0.3 is 0 Å². The Morgan fingerprint density at radius 2 is 2.12 bits per heavy atom. The molecule has 5 heteroatoms. The van der Waals surface area contributed by atoms with Crippen molar-refractivity contribution < 1.29 is 0 Å². The van der Waals surface area contributed by atoms with E-state index in [2.05, 4.69) is 62.3 Å². The van der Waals surface area contributed by atoms with E-state index >= 15 is 0 Å². The first kappa shape index (κ1) is 16.1. The topological polar surface area (TPSA) is 46.0 Å². The SMILES string of the molecule is Cc1ccnc(NC2CCCN(Cc3cn(C)c4ccccc34)C2)n1. The highest BCUT2D eigenvalue weighted by Gasteiger charge is 2.21. The van der Waals surface area contributed by atoms with Crippen molar-refractivity contribution in [2.45, 2.75) is 32.4 Å². The fraction of sp³-hybridized carbons (Fsp3) is 0.400. The van der Waals surface area contributed by atoms with E-state index in [0.29, 0.717) is 6.04 Å². The number of aryl methyl sites for hydroxylation is 2. The monoisotopic (exact) mass is 335 g/mol. The van der Waals surface area contributed by atoms with Gasteiger partial charge in [-0.15, -0.1) is 0 Å². The first-order valence-electron chi connectivity index (χ1n) is 9.00. The maximum Gasteiger partial charge on any atom is 0.223 e. The second-order valence-corrected chi connectivity index (χ2v) is 7.02. The van der Waals surface area contributed by atoms with Gasteiger partial charge in [0.2, 0.25) is 5.95 Å². The fourth-order valence-electron chi connectivity index (χ4n) is 3.81. The van der Waals surface area contributed by atoms with E-state index in [-0.39, 0.29) is 0 Å². The summed E-state index contributed by atoms with van der Waals surface area (Å²) in [6, 6.07) is 11.0. The van der Waals surface area contributed by atoms with E-state index in [1.165, 1.54) is 29.3 Å². The number of benzene rings is 1. The van der Waals surface area contributed by atoms with E-state index < -0.39 is 0 Å². The minimum Gasteiger partial charge on any atom is -0.350 e. The van der Waals surface area contributed by atoms with Gasteiger partial charge in [0.1, 0.15) is 0 Å². The molecule has 1 unspecified atom stereocenters. The quantitative estimate of drug-likeness (QED) is 0.794. The minimum absolute atomic E-state index is 0.408. The van der Waals surface area contributed by atoms with E-state index in [1.807, 2.05) is 19.2 Å². The first-order valence-corrected chi connectivity index (χ1v) is 9.00. The van der Waals surface area contributed by atoms with Crippen molar-refractivity contribution in [3.05, 3.63) is 54.0 Å². The average Bonchev–Trinajstić information content (AvgIpc) is 2.92. The Kier molecular flexibility index (Phi) is 4.40. The molecule has 1 aromatic carbocycles. The van der Waals surface area contributed by atoms with Crippen LogP contribution in [0.5, 0.6) is 0 Å². The summed E-state index contributed by atoms with van der Waals surface area (Å²) in [5.74, 6) is 0.747. The van der Waals surface area contributed by atoms with Crippen LogP contribution in [0, 0.1) is 6.92 Å². The predicted octanol–water partition coefficient (Wildman–Crippen LogP) is 3.35. The molecule has 0 bridgehead atoms. The summed E-state index contributed by atoms with van der Waals surface area (Å²) < 4.78 is 2.23. The van der Waals surface area contributed by atoms with Crippen LogP contribution in [0.15, 0.2) is 42.7 Å². The molecule has 5 nitrogen and oxygen atoms in total. The van der Waals surface area contributed by atoms with Crippen molar-refractivity contribution in [1.82, 2.24) is 19.4 Å². The lowest BCUT2D eigenvalue weighted by atomic mass is 10.0. The molecule has 3 heterocycles. The summed E-state index contributed by atoms with van der Waals surface area (Å²) in [7, 11) is 2.13. The second-order valence-electron chi connectivity index (χ2n) is 7.02. The highest BCUT2D eigenvalue weighted by Crippen LogP contribution is 2.23. The largest absolute Gasteiger partial charge is 0.350 e. The van der Waals surface area contributed by atoms with E-state index in [4.69, 9.17) is 0 Å². The Morgan fingerprint density at radius 3 is 3.00 bits per heavy atom. The maximum atomic E-state index is 4.48. The number of para-hydroxylation sites is 1. The van der Waals surface area contributed by atoms with Gasteiger partial charge in [0.15, 0.2) is 0 Å². The number of likely N-dealkylation sites (tertiary alicyclic amines) is 1. The van der Waals surface area contributed by atoms with Gasteiger partial charge < -0.3 is 9.88 Å². The van der Waals surface area contributed by atoms with Crippen LogP contribution in [0.4, 0.5) is 5.95 Å². The van der Waals surface area contributed by atoms with Crippen LogP contribution in [0.3, 0.4) is 0 Å². The summed E-state index contributed by atoms with van der Waals surface area (Å²) in [6.07, 6.45) is 6.46. The molecule has 0 amide bonds. The number of piperidine rings is 1. The molecule has 1 fully saturated rings. The Balaban J connectivity index is 1.46. The zero-order valence-electron chi connectivity index (χ0n) is 14.9. The molecule has 1 saturated heterocycles. The summed E-state index contributed by atoms with van der Waals surface area (Å²) >= 11 is 0. The third kappa shape index (κ3) is 3.51. The number of rotatable bonds is 4. The Hall–Kier alpha value is -2.40. The summed E-state index contributed by atoms with van der Waals surface area (Å²) in [4.78, 5) is 11.4. The normalized spacial score (nSPS) is 18.6. The third-order valence-electron chi connectivity index (χ3n) is 5.01. The van der Waals surface area contributed by atoms with Gasteiger partial charge in [-0.1, -0.05) is 18.2 Å². The number of hydrogen-bond donors (Lipinski definition) is 1. The van der Waals surface area contributed by atoms with Crippen LogP contribution >= 0.6 is 0 Å². The molecule has 0 aliphatic carbocycles. The summed E-state index contributed by atoms with van der Waals surface area (Å²) in [5, 5.41) is 4.87. The van der Waals surface area contributed by atoms with Gasteiger partial charge in [-0.2, -0.15) is 0 Å². The van der Waals surface area contributed by atoms with Gasteiger partial charge in [-0.05, 0) is 44.0 Å². The van der Waals surface area contributed by atoms with Crippen LogP contribution in [0.1, 0.15) is 24.1 Å². The molecule has 1 N–H and O–H groups in total. The Bertz CT molecular complexity index is 869. The molecule has 1 aliphatic rings. The van der Waals surface area contributed by atoms with Crippen molar-refractivity contribution in [2.75, 3.05) is 18.4 Å². The number of nitrogens with zero attached hydrogens (tertiary/aromatic N) is 4. The van der Waals surface area contributed by atoms with E-state index in [1.54, 1.807) is 0 Å². The molecule has 0 spiro atoms. The van der Waals surface area contributed by atoms with Crippen LogP contribution < -0.4 is 5.32 Å². The average molecular weight is 335 g/mol. The number of aromatic nitrogens is 3. The minimum atomic E-state index is 0.408. The van der Waals surface area contributed by atoms with Crippen LogP contribution in [0.2, 0.25) is 0 Å². The van der Waals surface area contributed by atoms with Crippen molar-refractivity contribution in [3.63, 3.8) is 0 Å². The Labute approximate surface area is 148 Å². The zero-order chi connectivity index (χ0) is 17.2. The number of hydrogen-bond acceptors (Lipinski definition) is 4. The Morgan fingerprint density at radius 1 is 1.24 bits per heavy atom. The molecular weight excluding hydrogens is 310 g/mol. The molecule has 2 aromatic heterocycles. The first-order chi connectivity index (χ1) is 12.2. The summed E-state index contributed by atoms with van der Waals surface area (Å²) in [5.41, 5.74) is 3.71. The smallest absolute Gasteiger partial charge is 0.223 e. The third-order valence-corrected chi connectivity index (χ3v) is 5.01. The molecule has 130 valence electrons. The molecule has 1 aliphatic heterocycles. The maximum absolute atomic E-state index is 4.48. The molecule has 1 atom stereocenters. The number of fused-ring (bicyclic) bond motifs is 1. The zero-order valence-corrected chi connectivity index (χ0v) is 14.9. The van der Waals surface area contributed by atoms with Gasteiger partial charge in [-0.25, -0.2) is 9.97 Å². The number of nitrogens with one attached hydrogen (secondary N) is 1. The molecule has 0 radical (unpaired) electrons. The lowest BCUT2D eigenvalue weighted by molar-refractivity contribution is 0.209. The highest BCUT2D eigenvalue weighted by atomic mass is 15.2. The molecule has 4 rings (SSSR count). The van der Waals surface area contributed by atoms with E-state index in [9.17, 15) is 0 Å².